The Bertz CT molecular complexity index is 1050. The Hall–Kier alpha value is -2.53. The zero-order chi connectivity index (χ0) is 26.6. The summed E-state index contributed by atoms with van der Waals surface area (Å²) in [6.07, 6.45) is 3.92. The minimum atomic E-state index is -0.837. The summed E-state index contributed by atoms with van der Waals surface area (Å²) >= 11 is 0. The fraction of sp³-hybridized carbons (Fsp3) is 0.808. The van der Waals surface area contributed by atoms with Crippen LogP contribution in [0.15, 0.2) is 6.20 Å². The third-order valence-corrected chi connectivity index (χ3v) is 8.36. The van der Waals surface area contributed by atoms with Crippen molar-refractivity contribution in [1.82, 2.24) is 35.0 Å². The summed E-state index contributed by atoms with van der Waals surface area (Å²) < 4.78 is 1.62. The summed E-state index contributed by atoms with van der Waals surface area (Å²) in [5.74, 6) is -0.290. The first-order valence-corrected chi connectivity index (χ1v) is 13.7. The van der Waals surface area contributed by atoms with Crippen LogP contribution in [0.25, 0.3) is 0 Å². The van der Waals surface area contributed by atoms with Crippen LogP contribution >= 0.6 is 0 Å². The van der Waals surface area contributed by atoms with Gasteiger partial charge < -0.3 is 20.2 Å². The number of amides is 3. The van der Waals surface area contributed by atoms with Gasteiger partial charge in [-0.05, 0) is 38.5 Å². The lowest BCUT2D eigenvalue weighted by atomic mass is 9.85. The zero-order valence-corrected chi connectivity index (χ0v) is 22.6. The lowest BCUT2D eigenvalue weighted by molar-refractivity contribution is -0.144. The standard InChI is InChI=1S/C26H41N7O4/c1-15(2)30-8-9-31-17(12-30)10-19(24(31)36)27-23(35)21-11-18(34)13-32(21)25(37)22(26(3,4)5)33-14-20(28-29-33)16-6-7-16/h14-19,21-22,34H,6-13H2,1-5H3,(H,27,35)/t17?,18-,19?,21+,22-/m1/s1. The molecule has 11 heteroatoms. The number of nitrogens with zero attached hydrogens (tertiary/aromatic N) is 6. The van der Waals surface area contributed by atoms with Gasteiger partial charge in [0.1, 0.15) is 18.1 Å². The molecule has 0 bridgehead atoms. The van der Waals surface area contributed by atoms with Crippen LogP contribution in [-0.4, -0.2) is 109 Å². The van der Waals surface area contributed by atoms with E-state index in [0.717, 1.165) is 31.6 Å². The molecule has 0 spiro atoms. The quantitative estimate of drug-likeness (QED) is 0.566. The Labute approximate surface area is 218 Å². The molecular weight excluding hydrogens is 474 g/mol. The molecule has 3 amide bonds. The van der Waals surface area contributed by atoms with Gasteiger partial charge in [-0.2, -0.15) is 0 Å². The number of carbonyl (C=O) groups is 3. The highest BCUT2D eigenvalue weighted by molar-refractivity contribution is 5.94. The molecule has 1 aliphatic carbocycles. The highest BCUT2D eigenvalue weighted by Crippen LogP contribution is 2.40. The number of fused-ring (bicyclic) bond motifs is 1. The average molecular weight is 516 g/mol. The number of piperazine rings is 1. The third kappa shape index (κ3) is 5.12. The van der Waals surface area contributed by atoms with E-state index in [2.05, 4.69) is 34.4 Å². The van der Waals surface area contributed by atoms with Gasteiger partial charge in [-0.1, -0.05) is 26.0 Å². The fourth-order valence-corrected chi connectivity index (χ4v) is 6.13. The van der Waals surface area contributed by atoms with Gasteiger partial charge in [0.15, 0.2) is 0 Å². The summed E-state index contributed by atoms with van der Waals surface area (Å²) in [6.45, 7) is 12.6. The largest absolute Gasteiger partial charge is 0.391 e. The summed E-state index contributed by atoms with van der Waals surface area (Å²) in [6, 6.07) is -1.62. The van der Waals surface area contributed by atoms with Crippen molar-refractivity contribution in [3.63, 3.8) is 0 Å². The lowest BCUT2D eigenvalue weighted by Crippen LogP contribution is -2.54. The maximum absolute atomic E-state index is 13.9. The summed E-state index contributed by atoms with van der Waals surface area (Å²) in [4.78, 5) is 46.2. The first-order chi connectivity index (χ1) is 17.4. The molecular formula is C26H41N7O4. The first kappa shape index (κ1) is 26.1. The molecule has 0 radical (unpaired) electrons. The Morgan fingerprint density at radius 1 is 1.14 bits per heavy atom. The Balaban J connectivity index is 1.30. The number of aliphatic hydroxyl groups is 1. The molecule has 5 rings (SSSR count). The normalized spacial score (nSPS) is 29.6. The highest BCUT2D eigenvalue weighted by atomic mass is 16.3. The van der Waals surface area contributed by atoms with Crippen molar-refractivity contribution in [2.24, 2.45) is 5.41 Å². The van der Waals surface area contributed by atoms with Crippen molar-refractivity contribution in [3.8, 4) is 0 Å². The zero-order valence-electron chi connectivity index (χ0n) is 22.6. The Kier molecular flexibility index (Phi) is 6.81. The maximum atomic E-state index is 13.9. The van der Waals surface area contributed by atoms with E-state index in [1.165, 1.54) is 4.90 Å². The second-order valence-corrected chi connectivity index (χ2v) is 12.6. The molecule has 4 heterocycles. The molecule has 37 heavy (non-hydrogen) atoms. The van der Waals surface area contributed by atoms with Crippen molar-refractivity contribution in [2.45, 2.75) is 103 Å². The minimum Gasteiger partial charge on any atom is -0.391 e. The number of carbonyl (C=O) groups excluding carboxylic acids is 3. The number of hydrogen-bond acceptors (Lipinski definition) is 7. The molecule has 5 atom stereocenters. The van der Waals surface area contributed by atoms with Gasteiger partial charge in [0.25, 0.3) is 0 Å². The Morgan fingerprint density at radius 3 is 2.51 bits per heavy atom. The van der Waals surface area contributed by atoms with E-state index < -0.39 is 29.6 Å². The smallest absolute Gasteiger partial charge is 0.248 e. The maximum Gasteiger partial charge on any atom is 0.248 e. The molecule has 4 fully saturated rings. The Morgan fingerprint density at radius 2 is 1.86 bits per heavy atom. The van der Waals surface area contributed by atoms with E-state index in [4.69, 9.17) is 0 Å². The molecule has 1 aromatic rings. The van der Waals surface area contributed by atoms with Crippen LogP contribution in [0.1, 0.15) is 78.0 Å². The fourth-order valence-electron chi connectivity index (χ4n) is 6.13. The van der Waals surface area contributed by atoms with E-state index in [-0.39, 0.29) is 36.7 Å². The summed E-state index contributed by atoms with van der Waals surface area (Å²) in [5.41, 5.74) is 0.400. The molecule has 3 saturated heterocycles. The van der Waals surface area contributed by atoms with Crippen LogP contribution < -0.4 is 5.32 Å². The number of aliphatic hydroxyl groups excluding tert-OH is 1. The van der Waals surface area contributed by atoms with Gasteiger partial charge in [0.2, 0.25) is 17.7 Å². The van der Waals surface area contributed by atoms with Gasteiger partial charge in [-0.3, -0.25) is 19.3 Å². The molecule has 2 unspecified atom stereocenters. The number of likely N-dealkylation sites (tertiary alicyclic amines) is 1. The molecule has 1 saturated carbocycles. The van der Waals surface area contributed by atoms with Crippen molar-refractivity contribution in [3.05, 3.63) is 11.9 Å². The number of nitrogens with one attached hydrogen (secondary N) is 1. The van der Waals surface area contributed by atoms with Gasteiger partial charge in [-0.15, -0.1) is 5.10 Å². The lowest BCUT2D eigenvalue weighted by Gasteiger charge is -2.39. The van der Waals surface area contributed by atoms with Crippen LogP contribution in [0.2, 0.25) is 0 Å². The topological polar surface area (TPSA) is 124 Å². The van der Waals surface area contributed by atoms with E-state index in [1.807, 2.05) is 31.9 Å². The van der Waals surface area contributed by atoms with Crippen LogP contribution in [0.4, 0.5) is 0 Å². The second-order valence-electron chi connectivity index (χ2n) is 12.6. The van der Waals surface area contributed by atoms with Crippen LogP contribution in [0.5, 0.6) is 0 Å². The number of aromatic nitrogens is 3. The summed E-state index contributed by atoms with van der Waals surface area (Å²) in [5, 5.41) is 22.0. The highest BCUT2D eigenvalue weighted by Gasteiger charge is 2.48. The first-order valence-electron chi connectivity index (χ1n) is 13.7. The number of hydrogen-bond donors (Lipinski definition) is 2. The monoisotopic (exact) mass is 515 g/mol. The van der Waals surface area contributed by atoms with Crippen molar-refractivity contribution >= 4 is 17.7 Å². The molecule has 1 aromatic heterocycles. The average Bonchev–Trinajstić information content (AvgIpc) is 3.30. The van der Waals surface area contributed by atoms with Crippen LogP contribution in [0.3, 0.4) is 0 Å². The predicted octanol–water partition coefficient (Wildman–Crippen LogP) is 0.514. The minimum absolute atomic E-state index is 0.0547. The number of rotatable bonds is 6. The van der Waals surface area contributed by atoms with E-state index in [9.17, 15) is 19.5 Å². The molecule has 2 N–H and O–H groups in total. The predicted molar refractivity (Wildman–Crippen MR) is 135 cm³/mol. The molecule has 11 nitrogen and oxygen atoms in total. The van der Waals surface area contributed by atoms with E-state index in [0.29, 0.717) is 24.9 Å². The molecule has 4 aliphatic rings. The summed E-state index contributed by atoms with van der Waals surface area (Å²) in [7, 11) is 0. The van der Waals surface area contributed by atoms with Crippen LogP contribution in [0, 0.1) is 5.41 Å². The molecule has 204 valence electrons. The number of β-amino-alcohol motifs (C(OH)–C–C–N with tert-alkyl or cyclic N) is 1. The van der Waals surface area contributed by atoms with Crippen molar-refractivity contribution < 1.29 is 19.5 Å². The van der Waals surface area contributed by atoms with Gasteiger partial charge in [0, 0.05) is 56.8 Å². The third-order valence-electron chi connectivity index (χ3n) is 8.36. The van der Waals surface area contributed by atoms with E-state index in [1.54, 1.807) is 4.68 Å². The van der Waals surface area contributed by atoms with Crippen molar-refractivity contribution in [1.29, 1.82) is 0 Å². The van der Waals surface area contributed by atoms with Gasteiger partial charge in [-0.25, -0.2) is 4.68 Å². The molecule has 3 aliphatic heterocycles. The van der Waals surface area contributed by atoms with Crippen molar-refractivity contribution in [2.75, 3.05) is 26.2 Å². The molecule has 0 aromatic carbocycles. The SMILES string of the molecule is CC(C)N1CCN2C(=O)C(NC(=O)[C@@H]3C[C@@H](O)CN3C(=O)[C@@H](n3cc(C4CC4)nn3)C(C)(C)C)CC2C1. The second kappa shape index (κ2) is 9.65. The van der Waals surface area contributed by atoms with E-state index >= 15 is 0 Å². The van der Waals surface area contributed by atoms with Crippen LogP contribution in [-0.2, 0) is 14.4 Å². The van der Waals surface area contributed by atoms with Gasteiger partial charge in [0.05, 0.1) is 11.8 Å². The van der Waals surface area contributed by atoms with Gasteiger partial charge >= 0.3 is 0 Å².